The third-order valence-electron chi connectivity index (χ3n) is 6.90. The number of phenols is 1. The molecule has 2 aliphatic heterocycles. The zero-order valence-corrected chi connectivity index (χ0v) is 18.8. The molecule has 0 spiro atoms. The Morgan fingerprint density at radius 2 is 1.94 bits per heavy atom. The minimum Gasteiger partial charge on any atom is -0.507 e. The van der Waals surface area contributed by atoms with Crippen LogP contribution in [0.5, 0.6) is 5.75 Å². The Morgan fingerprint density at radius 1 is 1.23 bits per heavy atom. The smallest absolute Gasteiger partial charge is 0.169 e. The molecule has 3 atom stereocenters. The van der Waals surface area contributed by atoms with Crippen LogP contribution >= 0.6 is 0 Å². The monoisotopic (exact) mass is 425 g/mol. The zero-order valence-electron chi connectivity index (χ0n) is 18.8. The Bertz CT molecular complexity index is 878. The molecule has 2 saturated heterocycles. The van der Waals surface area contributed by atoms with Crippen LogP contribution in [-0.2, 0) is 0 Å². The third kappa shape index (κ3) is 4.61. The van der Waals surface area contributed by atoms with E-state index >= 15 is 0 Å². The summed E-state index contributed by atoms with van der Waals surface area (Å²) in [5.74, 6) is 0.654. The molecule has 0 amide bonds. The van der Waals surface area contributed by atoms with Gasteiger partial charge in [-0.3, -0.25) is 4.90 Å². The number of nitrogens with two attached hydrogens (primary N) is 1. The van der Waals surface area contributed by atoms with E-state index in [2.05, 4.69) is 44.2 Å². The summed E-state index contributed by atoms with van der Waals surface area (Å²) in [6.45, 7) is 7.37. The number of nitrogen functional groups attached to an aromatic ring is 1. The molecule has 2 fully saturated rings. The fraction of sp³-hybridized carbons (Fsp3) is 0.565. The van der Waals surface area contributed by atoms with Crippen LogP contribution in [0.3, 0.4) is 0 Å². The van der Waals surface area contributed by atoms with Crippen LogP contribution in [0.15, 0.2) is 30.3 Å². The van der Waals surface area contributed by atoms with Crippen molar-refractivity contribution in [3.63, 3.8) is 0 Å². The van der Waals surface area contributed by atoms with Gasteiger partial charge in [0.2, 0.25) is 0 Å². The molecule has 2 unspecified atom stereocenters. The average Bonchev–Trinajstić information content (AvgIpc) is 2.99. The number of para-hydroxylation sites is 1. The molecule has 31 heavy (non-hydrogen) atoms. The van der Waals surface area contributed by atoms with Gasteiger partial charge in [-0.05, 0) is 52.1 Å². The highest BCUT2D eigenvalue weighted by molar-refractivity contribution is 5.74. The van der Waals surface area contributed by atoms with Gasteiger partial charge in [-0.15, -0.1) is 10.2 Å². The maximum Gasteiger partial charge on any atom is 0.169 e. The largest absolute Gasteiger partial charge is 0.507 e. The molecule has 1 aromatic heterocycles. The van der Waals surface area contributed by atoms with Gasteiger partial charge in [0.1, 0.15) is 5.75 Å². The van der Waals surface area contributed by atoms with Gasteiger partial charge in [-0.2, -0.15) is 0 Å². The number of benzene rings is 1. The second kappa shape index (κ2) is 9.38. The van der Waals surface area contributed by atoms with Gasteiger partial charge in [0.15, 0.2) is 5.82 Å². The van der Waals surface area contributed by atoms with E-state index in [1.807, 2.05) is 25.2 Å². The standard InChI is InChI=1S/C23H35N7O/c1-16(28(3)11-10-25-2)13-30-17-8-9-18(30)15-29(14-17)21-12-20(26-27-23(21)24)19-6-4-5-7-22(19)31/h4-7,12,16-18,25,31H,8-11,13-15H2,1-3H3,(H2,24,27)/t16-,17?,18?/m0/s1. The molecule has 4 rings (SSSR count). The number of rotatable bonds is 8. The maximum atomic E-state index is 10.2. The molecule has 2 aliphatic rings. The number of hydrogen-bond donors (Lipinski definition) is 3. The summed E-state index contributed by atoms with van der Waals surface area (Å²) in [7, 11) is 4.21. The number of nitrogens with zero attached hydrogens (tertiary/aromatic N) is 5. The van der Waals surface area contributed by atoms with Gasteiger partial charge < -0.3 is 26.0 Å². The van der Waals surface area contributed by atoms with Crippen LogP contribution < -0.4 is 16.0 Å². The molecule has 2 aromatic rings. The first-order valence-electron chi connectivity index (χ1n) is 11.2. The second-order valence-electron chi connectivity index (χ2n) is 8.94. The molecule has 8 nitrogen and oxygen atoms in total. The van der Waals surface area contributed by atoms with Crippen LogP contribution in [-0.4, -0.2) is 90.0 Å². The molecule has 0 saturated carbocycles. The van der Waals surface area contributed by atoms with Crippen molar-refractivity contribution in [1.82, 2.24) is 25.3 Å². The van der Waals surface area contributed by atoms with Gasteiger partial charge in [0.05, 0.1) is 11.4 Å². The topological polar surface area (TPSA) is 93.8 Å². The Labute approximate surface area is 185 Å². The Kier molecular flexibility index (Phi) is 6.60. The summed E-state index contributed by atoms with van der Waals surface area (Å²) >= 11 is 0. The summed E-state index contributed by atoms with van der Waals surface area (Å²) in [6.07, 6.45) is 2.44. The van der Waals surface area contributed by atoms with Gasteiger partial charge in [-0.1, -0.05) is 12.1 Å². The van der Waals surface area contributed by atoms with E-state index < -0.39 is 0 Å². The number of aromatic hydroxyl groups is 1. The van der Waals surface area contributed by atoms with E-state index in [4.69, 9.17) is 5.73 Å². The van der Waals surface area contributed by atoms with Crippen molar-refractivity contribution in [2.24, 2.45) is 0 Å². The molecule has 4 N–H and O–H groups in total. The summed E-state index contributed by atoms with van der Waals surface area (Å²) in [5.41, 5.74) is 8.49. The number of anilines is 2. The second-order valence-corrected chi connectivity index (χ2v) is 8.94. The first kappa shape index (κ1) is 21.8. The molecular weight excluding hydrogens is 390 g/mol. The van der Waals surface area contributed by atoms with Gasteiger partial charge in [-0.25, -0.2) is 0 Å². The minimum absolute atomic E-state index is 0.203. The molecule has 168 valence electrons. The molecule has 0 aliphatic carbocycles. The fourth-order valence-electron chi connectivity index (χ4n) is 4.90. The highest BCUT2D eigenvalue weighted by Gasteiger charge is 2.41. The van der Waals surface area contributed by atoms with Gasteiger partial charge in [0, 0.05) is 56.4 Å². The van der Waals surface area contributed by atoms with E-state index in [1.54, 1.807) is 12.1 Å². The van der Waals surface area contributed by atoms with Crippen LogP contribution in [0.1, 0.15) is 19.8 Å². The van der Waals surface area contributed by atoms with Crippen molar-refractivity contribution in [2.75, 3.05) is 57.5 Å². The number of nitrogens with one attached hydrogen (secondary N) is 1. The van der Waals surface area contributed by atoms with E-state index in [9.17, 15) is 5.11 Å². The summed E-state index contributed by atoms with van der Waals surface area (Å²) in [4.78, 5) is 7.50. The zero-order chi connectivity index (χ0) is 22.0. The lowest BCUT2D eigenvalue weighted by Gasteiger charge is -2.44. The first-order valence-corrected chi connectivity index (χ1v) is 11.2. The number of fused-ring (bicyclic) bond motifs is 2. The van der Waals surface area contributed by atoms with Crippen molar-refractivity contribution in [2.45, 2.75) is 37.9 Å². The summed E-state index contributed by atoms with van der Waals surface area (Å²) in [5, 5.41) is 21.9. The Balaban J connectivity index is 1.48. The lowest BCUT2D eigenvalue weighted by atomic mass is 10.1. The summed E-state index contributed by atoms with van der Waals surface area (Å²) in [6, 6.07) is 10.8. The summed E-state index contributed by atoms with van der Waals surface area (Å²) < 4.78 is 0. The number of phenolic OH excluding ortho intramolecular Hbond substituents is 1. The number of piperazine rings is 1. The lowest BCUT2D eigenvalue weighted by Crippen LogP contribution is -2.57. The van der Waals surface area contributed by atoms with Crippen molar-refractivity contribution in [1.29, 1.82) is 0 Å². The quantitative estimate of drug-likeness (QED) is 0.588. The van der Waals surface area contributed by atoms with E-state index in [0.717, 1.165) is 38.4 Å². The van der Waals surface area contributed by atoms with Gasteiger partial charge >= 0.3 is 0 Å². The SMILES string of the molecule is CNCCN(C)[C@@H](C)CN1C2CCC1CN(c1cc(-c3ccccc3O)nnc1N)C2. The normalized spacial score (nSPS) is 22.3. The minimum atomic E-state index is 0.203. The highest BCUT2D eigenvalue weighted by atomic mass is 16.3. The Hall–Kier alpha value is -2.42. The van der Waals surface area contributed by atoms with Crippen molar-refractivity contribution in [3.8, 4) is 17.0 Å². The molecular formula is C23H35N7O. The predicted octanol–water partition coefficient (Wildman–Crippen LogP) is 1.62. The number of likely N-dealkylation sites (N-methyl/N-ethyl adjacent to an activating group) is 2. The van der Waals surface area contributed by atoms with Gasteiger partial charge in [0.25, 0.3) is 0 Å². The van der Waals surface area contributed by atoms with E-state index in [0.29, 0.717) is 35.2 Å². The molecule has 8 heteroatoms. The predicted molar refractivity (Wildman–Crippen MR) is 125 cm³/mol. The van der Waals surface area contributed by atoms with Crippen molar-refractivity contribution >= 4 is 11.5 Å². The molecule has 1 aromatic carbocycles. The number of aromatic nitrogens is 2. The van der Waals surface area contributed by atoms with Crippen LogP contribution in [0.25, 0.3) is 11.3 Å². The molecule has 2 bridgehead atoms. The molecule has 3 heterocycles. The van der Waals surface area contributed by atoms with Crippen molar-refractivity contribution < 1.29 is 5.11 Å². The van der Waals surface area contributed by atoms with Crippen molar-refractivity contribution in [3.05, 3.63) is 30.3 Å². The Morgan fingerprint density at radius 3 is 2.61 bits per heavy atom. The van der Waals surface area contributed by atoms with E-state index in [1.165, 1.54) is 12.8 Å². The third-order valence-corrected chi connectivity index (χ3v) is 6.90. The molecule has 0 radical (unpaired) electrons. The van der Waals surface area contributed by atoms with Crippen LogP contribution in [0.2, 0.25) is 0 Å². The average molecular weight is 426 g/mol. The first-order chi connectivity index (χ1) is 15.0. The van der Waals surface area contributed by atoms with E-state index in [-0.39, 0.29) is 5.75 Å². The lowest BCUT2D eigenvalue weighted by molar-refractivity contribution is 0.117. The number of hydrogen-bond acceptors (Lipinski definition) is 8. The maximum absolute atomic E-state index is 10.2. The van der Waals surface area contributed by atoms with Crippen LogP contribution in [0, 0.1) is 0 Å². The van der Waals surface area contributed by atoms with Crippen LogP contribution in [0.4, 0.5) is 11.5 Å². The fourth-order valence-corrected chi connectivity index (χ4v) is 4.90. The highest BCUT2D eigenvalue weighted by Crippen LogP contribution is 2.36.